The summed E-state index contributed by atoms with van der Waals surface area (Å²) in [5.74, 6) is -1.08. The molecule has 3 aromatic rings. The zero-order chi connectivity index (χ0) is 20.3. The molecule has 8 heteroatoms. The number of Topliss-reactive ketones (excluding diaryl/α,β-unsaturated/α-hetero) is 1. The molecule has 144 valence electrons. The summed E-state index contributed by atoms with van der Waals surface area (Å²) in [6, 6.07) is 10.4. The first-order chi connectivity index (χ1) is 13.3. The van der Waals surface area contributed by atoms with Gasteiger partial charge in [0.25, 0.3) is 5.91 Å². The fourth-order valence-corrected chi connectivity index (χ4v) is 4.14. The Morgan fingerprint density at radius 1 is 1.14 bits per heavy atom. The monoisotopic (exact) mass is 414 g/mol. The van der Waals surface area contributed by atoms with Crippen LogP contribution in [0.4, 0.5) is 5.69 Å². The van der Waals surface area contributed by atoms with E-state index in [2.05, 4.69) is 10.3 Å². The molecule has 1 amide bonds. The van der Waals surface area contributed by atoms with Crippen LogP contribution in [0.1, 0.15) is 39.6 Å². The minimum atomic E-state index is -0.980. The van der Waals surface area contributed by atoms with Crippen LogP contribution >= 0.6 is 22.7 Å². The molecule has 0 aliphatic rings. The number of rotatable bonds is 6. The summed E-state index contributed by atoms with van der Waals surface area (Å²) in [5.41, 5.74) is 1.65. The van der Waals surface area contributed by atoms with Gasteiger partial charge < -0.3 is 10.1 Å². The van der Waals surface area contributed by atoms with Crippen LogP contribution in [-0.4, -0.2) is 28.7 Å². The van der Waals surface area contributed by atoms with E-state index in [0.717, 1.165) is 9.88 Å². The quantitative estimate of drug-likeness (QED) is 0.472. The molecule has 3 rings (SSSR count). The van der Waals surface area contributed by atoms with Gasteiger partial charge in [0.15, 0.2) is 11.9 Å². The molecule has 0 saturated heterocycles. The Labute approximate surface area is 170 Å². The van der Waals surface area contributed by atoms with Crippen molar-refractivity contribution in [2.45, 2.75) is 26.9 Å². The van der Waals surface area contributed by atoms with Crippen molar-refractivity contribution in [2.24, 2.45) is 0 Å². The normalized spacial score (nSPS) is 11.7. The second kappa shape index (κ2) is 8.45. The molecule has 28 heavy (non-hydrogen) atoms. The van der Waals surface area contributed by atoms with Crippen LogP contribution in [0.5, 0.6) is 0 Å². The number of esters is 1. The number of thiophene rings is 1. The lowest BCUT2D eigenvalue weighted by atomic mass is 10.1. The van der Waals surface area contributed by atoms with Gasteiger partial charge in [0.05, 0.1) is 10.6 Å². The second-order valence-electron chi connectivity index (χ2n) is 6.08. The number of anilines is 1. The molecular formula is C20H18N2O4S2. The average Bonchev–Trinajstić information content (AvgIpc) is 3.31. The zero-order valence-corrected chi connectivity index (χ0v) is 17.1. The molecule has 1 N–H and O–H groups in total. The number of nitrogens with one attached hydrogen (secondary N) is 1. The van der Waals surface area contributed by atoms with Crippen LogP contribution in [0, 0.1) is 6.92 Å². The first kappa shape index (κ1) is 19.9. The van der Waals surface area contributed by atoms with Crippen molar-refractivity contribution in [3.05, 3.63) is 57.9 Å². The van der Waals surface area contributed by atoms with Crippen LogP contribution in [0.25, 0.3) is 9.88 Å². The van der Waals surface area contributed by atoms with Gasteiger partial charge in [-0.05, 0) is 56.5 Å². The fourth-order valence-electron chi connectivity index (χ4n) is 2.39. The van der Waals surface area contributed by atoms with Crippen molar-refractivity contribution < 1.29 is 19.1 Å². The fraction of sp³-hybridized carbons (Fsp3) is 0.200. The standard InChI is InChI=1S/C20H18N2O4S2/c1-11-17(28-19(21-11)16-5-4-10-27-16)20(25)26-13(3)18(24)22-15-8-6-14(7-9-15)12(2)23/h4-10,13H,1-3H3,(H,22,24). The number of carbonyl (C=O) groups is 3. The van der Waals surface area contributed by atoms with E-state index < -0.39 is 18.0 Å². The summed E-state index contributed by atoms with van der Waals surface area (Å²) in [7, 11) is 0. The van der Waals surface area contributed by atoms with Gasteiger partial charge in [-0.25, -0.2) is 9.78 Å². The highest BCUT2D eigenvalue weighted by Crippen LogP contribution is 2.31. The Morgan fingerprint density at radius 2 is 1.86 bits per heavy atom. The minimum Gasteiger partial charge on any atom is -0.448 e. The first-order valence-electron chi connectivity index (χ1n) is 8.49. The van der Waals surface area contributed by atoms with Gasteiger partial charge >= 0.3 is 5.97 Å². The third kappa shape index (κ3) is 4.52. The lowest BCUT2D eigenvalue weighted by Crippen LogP contribution is -2.30. The maximum Gasteiger partial charge on any atom is 0.351 e. The van der Waals surface area contributed by atoms with Gasteiger partial charge in [-0.2, -0.15) is 0 Å². The Bertz CT molecular complexity index is 1010. The molecule has 1 aromatic carbocycles. The summed E-state index contributed by atoms with van der Waals surface area (Å²) in [6.07, 6.45) is -0.980. The third-order valence-corrected chi connectivity index (χ3v) is 6.10. The first-order valence-corrected chi connectivity index (χ1v) is 10.2. The highest BCUT2D eigenvalue weighted by molar-refractivity contribution is 7.22. The molecule has 0 spiro atoms. The van der Waals surface area contributed by atoms with E-state index in [1.165, 1.54) is 25.2 Å². The molecular weight excluding hydrogens is 396 g/mol. The van der Waals surface area contributed by atoms with Gasteiger partial charge in [-0.3, -0.25) is 9.59 Å². The van der Waals surface area contributed by atoms with E-state index in [-0.39, 0.29) is 5.78 Å². The number of benzene rings is 1. The Morgan fingerprint density at radius 3 is 2.46 bits per heavy atom. The van der Waals surface area contributed by atoms with Gasteiger partial charge in [0.1, 0.15) is 9.88 Å². The molecule has 0 fully saturated rings. The molecule has 1 atom stereocenters. The molecule has 0 radical (unpaired) electrons. The van der Waals surface area contributed by atoms with Gasteiger partial charge in [-0.1, -0.05) is 6.07 Å². The Hall–Kier alpha value is -2.84. The summed E-state index contributed by atoms with van der Waals surface area (Å²) in [5, 5.41) is 5.36. The second-order valence-corrected chi connectivity index (χ2v) is 8.03. The molecule has 1 unspecified atom stereocenters. The van der Waals surface area contributed by atoms with E-state index in [0.29, 0.717) is 21.8 Å². The van der Waals surface area contributed by atoms with Gasteiger partial charge in [0.2, 0.25) is 0 Å². The summed E-state index contributed by atoms with van der Waals surface area (Å²) in [6.45, 7) is 4.72. The topological polar surface area (TPSA) is 85.4 Å². The van der Waals surface area contributed by atoms with Crippen LogP contribution in [0.15, 0.2) is 41.8 Å². The van der Waals surface area contributed by atoms with E-state index in [1.54, 1.807) is 42.5 Å². The molecule has 0 aliphatic carbocycles. The highest BCUT2D eigenvalue weighted by atomic mass is 32.1. The SMILES string of the molecule is CC(=O)c1ccc(NC(=O)C(C)OC(=O)c2sc(-c3cccs3)nc2C)cc1. The number of thiazole rings is 1. The van der Waals surface area contributed by atoms with Crippen molar-refractivity contribution in [3.63, 3.8) is 0 Å². The average molecular weight is 415 g/mol. The Kier molecular flexibility index (Phi) is 6.01. The third-order valence-electron chi connectivity index (χ3n) is 3.93. The molecule has 2 aromatic heterocycles. The summed E-state index contributed by atoms with van der Waals surface area (Å²) >= 11 is 2.79. The zero-order valence-electron chi connectivity index (χ0n) is 15.5. The summed E-state index contributed by atoms with van der Waals surface area (Å²) < 4.78 is 5.31. The number of nitrogens with zero attached hydrogens (tertiary/aromatic N) is 1. The maximum absolute atomic E-state index is 12.5. The number of carbonyl (C=O) groups excluding carboxylic acids is 3. The van der Waals surface area contributed by atoms with Crippen LogP contribution in [0.3, 0.4) is 0 Å². The van der Waals surface area contributed by atoms with Gasteiger partial charge in [-0.15, -0.1) is 22.7 Å². The minimum absolute atomic E-state index is 0.0537. The van der Waals surface area contributed by atoms with Crippen molar-refractivity contribution in [2.75, 3.05) is 5.32 Å². The van der Waals surface area contributed by atoms with Crippen molar-refractivity contribution in [3.8, 4) is 9.88 Å². The number of ketones is 1. The number of hydrogen-bond donors (Lipinski definition) is 1. The van der Waals surface area contributed by atoms with Crippen molar-refractivity contribution in [1.29, 1.82) is 0 Å². The summed E-state index contributed by atoms with van der Waals surface area (Å²) in [4.78, 5) is 41.9. The lowest BCUT2D eigenvalue weighted by molar-refractivity contribution is -0.123. The van der Waals surface area contributed by atoms with E-state index in [4.69, 9.17) is 4.74 Å². The van der Waals surface area contributed by atoms with E-state index in [9.17, 15) is 14.4 Å². The molecule has 0 bridgehead atoms. The maximum atomic E-state index is 12.5. The number of hydrogen-bond acceptors (Lipinski definition) is 7. The van der Waals surface area contributed by atoms with Crippen LogP contribution in [0.2, 0.25) is 0 Å². The molecule has 0 saturated carbocycles. The number of ether oxygens (including phenoxy) is 1. The Balaban J connectivity index is 1.63. The van der Waals surface area contributed by atoms with Crippen LogP contribution < -0.4 is 5.32 Å². The predicted molar refractivity (Wildman–Crippen MR) is 110 cm³/mol. The van der Waals surface area contributed by atoms with E-state index in [1.807, 2.05) is 17.5 Å². The largest absolute Gasteiger partial charge is 0.448 e. The molecule has 2 heterocycles. The molecule has 6 nitrogen and oxygen atoms in total. The van der Waals surface area contributed by atoms with E-state index >= 15 is 0 Å². The highest BCUT2D eigenvalue weighted by Gasteiger charge is 2.23. The lowest BCUT2D eigenvalue weighted by Gasteiger charge is -2.13. The predicted octanol–water partition coefficient (Wildman–Crippen LogP) is 4.57. The van der Waals surface area contributed by atoms with Crippen molar-refractivity contribution >= 4 is 46.0 Å². The smallest absolute Gasteiger partial charge is 0.351 e. The van der Waals surface area contributed by atoms with Crippen molar-refractivity contribution in [1.82, 2.24) is 4.98 Å². The van der Waals surface area contributed by atoms with Gasteiger partial charge in [0, 0.05) is 11.3 Å². The van der Waals surface area contributed by atoms with Crippen LogP contribution in [-0.2, 0) is 9.53 Å². The molecule has 0 aliphatic heterocycles. The number of aromatic nitrogens is 1. The number of amides is 1. The number of aryl methyl sites for hydroxylation is 1.